The maximum atomic E-state index is 12.4. The van der Waals surface area contributed by atoms with E-state index in [2.05, 4.69) is 9.73 Å². The molecule has 0 atom stereocenters. The van der Waals surface area contributed by atoms with E-state index in [1.54, 1.807) is 12.1 Å². The van der Waals surface area contributed by atoms with Crippen molar-refractivity contribution in [1.29, 1.82) is 0 Å². The van der Waals surface area contributed by atoms with Gasteiger partial charge in [-0.3, -0.25) is 0 Å². The van der Waals surface area contributed by atoms with Gasteiger partial charge in [-0.05, 0) is 42.0 Å². The highest BCUT2D eigenvalue weighted by Crippen LogP contribution is 2.31. The first-order valence-electron chi connectivity index (χ1n) is 7.48. The second kappa shape index (κ2) is 7.94. The van der Waals surface area contributed by atoms with E-state index in [0.29, 0.717) is 16.1 Å². The summed E-state index contributed by atoms with van der Waals surface area (Å²) in [5.74, 6) is -0.679. The number of aliphatic imine (C=N–C) groups is 1. The van der Waals surface area contributed by atoms with Gasteiger partial charge in [-0.1, -0.05) is 29.3 Å². The van der Waals surface area contributed by atoms with E-state index < -0.39 is 12.6 Å². The van der Waals surface area contributed by atoms with E-state index in [1.807, 2.05) is 0 Å². The molecule has 1 heterocycles. The molecule has 0 spiro atoms. The Balaban J connectivity index is 1.92. The first kappa shape index (κ1) is 19.1. The highest BCUT2D eigenvalue weighted by atomic mass is 35.5. The second-order valence-electron chi connectivity index (χ2n) is 5.25. The van der Waals surface area contributed by atoms with E-state index in [1.165, 1.54) is 37.5 Å². The van der Waals surface area contributed by atoms with Crippen LogP contribution < -0.4 is 9.47 Å². The lowest BCUT2D eigenvalue weighted by atomic mass is 10.1. The summed E-state index contributed by atoms with van der Waals surface area (Å²) >= 11 is 11.9. The molecule has 5 nitrogen and oxygen atoms in total. The van der Waals surface area contributed by atoms with Gasteiger partial charge >= 0.3 is 12.6 Å². The predicted octanol–water partition coefficient (Wildman–Crippen LogP) is 4.95. The van der Waals surface area contributed by atoms with E-state index in [9.17, 15) is 13.6 Å². The Hall–Kier alpha value is -2.64. The number of nitrogens with zero attached hydrogens (tertiary/aromatic N) is 1. The Morgan fingerprint density at radius 1 is 1.15 bits per heavy atom. The zero-order valence-electron chi connectivity index (χ0n) is 13.7. The number of carbonyl (C=O) groups is 1. The molecule has 0 unspecified atom stereocenters. The molecule has 27 heavy (non-hydrogen) atoms. The second-order valence-corrected chi connectivity index (χ2v) is 6.09. The zero-order valence-corrected chi connectivity index (χ0v) is 15.2. The third-order valence-electron chi connectivity index (χ3n) is 3.49. The average molecular weight is 414 g/mol. The monoisotopic (exact) mass is 413 g/mol. The molecule has 0 amide bonds. The van der Waals surface area contributed by atoms with Crippen molar-refractivity contribution in [2.24, 2.45) is 4.99 Å². The number of methoxy groups -OCH3 is 1. The Kier molecular flexibility index (Phi) is 5.62. The number of alkyl halides is 2. The molecule has 0 saturated carbocycles. The van der Waals surface area contributed by atoms with Gasteiger partial charge in [0.25, 0.3) is 0 Å². The molecule has 1 aliphatic rings. The maximum Gasteiger partial charge on any atom is 0.387 e. The Bertz CT molecular complexity index is 960. The van der Waals surface area contributed by atoms with Crippen molar-refractivity contribution in [3.05, 3.63) is 63.3 Å². The molecule has 9 heteroatoms. The minimum absolute atomic E-state index is 0.0144. The Morgan fingerprint density at radius 2 is 1.93 bits per heavy atom. The maximum absolute atomic E-state index is 12.4. The van der Waals surface area contributed by atoms with Gasteiger partial charge < -0.3 is 14.2 Å². The lowest BCUT2D eigenvalue weighted by Gasteiger charge is -2.10. The van der Waals surface area contributed by atoms with Crippen molar-refractivity contribution in [2.75, 3.05) is 7.11 Å². The van der Waals surface area contributed by atoms with Gasteiger partial charge in [-0.15, -0.1) is 0 Å². The molecule has 140 valence electrons. The topological polar surface area (TPSA) is 57.1 Å². The van der Waals surface area contributed by atoms with E-state index in [0.717, 1.165) is 0 Å². The molecule has 0 N–H and O–H groups in total. The van der Waals surface area contributed by atoms with Gasteiger partial charge in [0.05, 0.1) is 17.7 Å². The Labute approximate surface area is 162 Å². The number of hydrogen-bond acceptors (Lipinski definition) is 5. The first-order chi connectivity index (χ1) is 12.9. The summed E-state index contributed by atoms with van der Waals surface area (Å²) in [5.41, 5.74) is 0.907. The summed E-state index contributed by atoms with van der Waals surface area (Å²) in [5, 5.41) is 0.716. The van der Waals surface area contributed by atoms with Crippen molar-refractivity contribution in [1.82, 2.24) is 0 Å². The molecule has 2 aromatic rings. The van der Waals surface area contributed by atoms with Crippen molar-refractivity contribution in [3.8, 4) is 11.5 Å². The van der Waals surface area contributed by atoms with Gasteiger partial charge in [-0.2, -0.15) is 8.78 Å². The van der Waals surface area contributed by atoms with Crippen molar-refractivity contribution in [2.45, 2.75) is 6.61 Å². The highest BCUT2D eigenvalue weighted by Gasteiger charge is 2.26. The lowest BCUT2D eigenvalue weighted by Crippen LogP contribution is -2.06. The first-order valence-corrected chi connectivity index (χ1v) is 8.24. The molecular formula is C18H11Cl2F2NO4. The molecule has 0 fully saturated rings. The van der Waals surface area contributed by atoms with Gasteiger partial charge in [0.15, 0.2) is 17.2 Å². The molecule has 3 rings (SSSR count). The minimum Gasteiger partial charge on any atom is -0.493 e. The van der Waals surface area contributed by atoms with E-state index in [-0.39, 0.29) is 28.1 Å². The number of halogens is 4. The SMILES string of the molecule is COc1cc(C=C2N=C(c3ccc(Cl)cc3Cl)OC2=O)ccc1OC(F)F. The van der Waals surface area contributed by atoms with Crippen LogP contribution >= 0.6 is 23.2 Å². The van der Waals surface area contributed by atoms with Gasteiger partial charge in [0, 0.05) is 5.02 Å². The minimum atomic E-state index is -2.98. The summed E-state index contributed by atoms with van der Waals surface area (Å²) in [6.07, 6.45) is 1.42. The smallest absolute Gasteiger partial charge is 0.387 e. The summed E-state index contributed by atoms with van der Waals surface area (Å²) in [7, 11) is 1.31. The Morgan fingerprint density at radius 3 is 2.59 bits per heavy atom. The normalized spacial score (nSPS) is 15.1. The summed E-state index contributed by atoms with van der Waals surface area (Å²) in [4.78, 5) is 16.2. The molecule has 1 aliphatic heterocycles. The largest absolute Gasteiger partial charge is 0.493 e. The van der Waals surface area contributed by atoms with Crippen LogP contribution in [0.3, 0.4) is 0 Å². The number of carbonyl (C=O) groups excluding carboxylic acids is 1. The average Bonchev–Trinajstić information content (AvgIpc) is 2.96. The van der Waals surface area contributed by atoms with Crippen LogP contribution in [-0.2, 0) is 9.53 Å². The number of ether oxygens (including phenoxy) is 3. The quantitative estimate of drug-likeness (QED) is 0.514. The standard InChI is InChI=1S/C18H11Cl2F2NO4/c1-25-15-7-9(2-5-14(15)26-18(21)22)6-13-17(24)27-16(23-13)11-4-3-10(19)8-12(11)20/h2-8,18H,1H3. The van der Waals surface area contributed by atoms with Crippen LogP contribution in [0.25, 0.3) is 6.08 Å². The number of benzene rings is 2. The van der Waals surface area contributed by atoms with Crippen LogP contribution in [0.4, 0.5) is 8.78 Å². The number of hydrogen-bond donors (Lipinski definition) is 0. The molecule has 0 saturated heterocycles. The van der Waals surface area contributed by atoms with Crippen LogP contribution in [0.15, 0.2) is 47.1 Å². The van der Waals surface area contributed by atoms with E-state index >= 15 is 0 Å². The summed E-state index contributed by atoms with van der Waals surface area (Å²) in [6.45, 7) is -2.98. The van der Waals surface area contributed by atoms with Crippen LogP contribution in [0.1, 0.15) is 11.1 Å². The van der Waals surface area contributed by atoms with Crippen molar-refractivity contribution < 1.29 is 27.8 Å². The van der Waals surface area contributed by atoms with Gasteiger partial charge in [0.2, 0.25) is 5.90 Å². The van der Waals surface area contributed by atoms with Crippen LogP contribution in [-0.4, -0.2) is 25.6 Å². The van der Waals surface area contributed by atoms with Crippen LogP contribution in [0, 0.1) is 0 Å². The van der Waals surface area contributed by atoms with Crippen LogP contribution in [0.2, 0.25) is 10.0 Å². The fourth-order valence-electron chi connectivity index (χ4n) is 2.31. The molecule has 0 radical (unpaired) electrons. The number of cyclic esters (lactones) is 1. The molecule has 0 bridgehead atoms. The van der Waals surface area contributed by atoms with Crippen molar-refractivity contribution >= 4 is 41.1 Å². The fraction of sp³-hybridized carbons (Fsp3) is 0.111. The molecule has 0 aromatic heterocycles. The summed E-state index contributed by atoms with van der Waals surface area (Å²) < 4.78 is 39.3. The van der Waals surface area contributed by atoms with Gasteiger partial charge in [-0.25, -0.2) is 9.79 Å². The number of rotatable bonds is 5. The fourth-order valence-corrected chi connectivity index (χ4v) is 2.80. The third kappa shape index (κ3) is 4.37. The molecular weight excluding hydrogens is 403 g/mol. The zero-order chi connectivity index (χ0) is 19.6. The van der Waals surface area contributed by atoms with E-state index in [4.69, 9.17) is 32.7 Å². The third-order valence-corrected chi connectivity index (χ3v) is 4.04. The van der Waals surface area contributed by atoms with Crippen LogP contribution in [0.5, 0.6) is 11.5 Å². The molecule has 0 aliphatic carbocycles. The number of esters is 1. The lowest BCUT2D eigenvalue weighted by molar-refractivity contribution is -0.129. The molecule has 2 aromatic carbocycles. The van der Waals surface area contributed by atoms with Crippen molar-refractivity contribution in [3.63, 3.8) is 0 Å². The summed E-state index contributed by atoms with van der Waals surface area (Å²) in [6, 6.07) is 8.89. The highest BCUT2D eigenvalue weighted by molar-refractivity contribution is 6.37. The van der Waals surface area contributed by atoms with Gasteiger partial charge in [0.1, 0.15) is 0 Å². The predicted molar refractivity (Wildman–Crippen MR) is 96.7 cm³/mol.